The number of morpholine rings is 1. The second-order valence-corrected chi connectivity index (χ2v) is 4.63. The Balaban J connectivity index is 2.09. The van der Waals surface area contributed by atoms with E-state index < -0.39 is 0 Å². The summed E-state index contributed by atoms with van der Waals surface area (Å²) in [6.07, 6.45) is 0.534. The summed E-state index contributed by atoms with van der Waals surface area (Å²) >= 11 is 0. The lowest BCUT2D eigenvalue weighted by Gasteiger charge is -2.27. The van der Waals surface area contributed by atoms with Crippen LogP contribution in [0.4, 0.5) is 5.95 Å². The van der Waals surface area contributed by atoms with Crippen molar-refractivity contribution in [3.05, 3.63) is 17.5 Å². The highest BCUT2D eigenvalue weighted by Gasteiger charge is 2.17. The summed E-state index contributed by atoms with van der Waals surface area (Å²) in [7, 11) is 0. The molecule has 0 aromatic carbocycles. The number of nitrogens with zero attached hydrogens (tertiary/aromatic N) is 3. The van der Waals surface area contributed by atoms with Gasteiger partial charge in [-0.3, -0.25) is 4.79 Å². The normalized spacial score (nSPS) is 15.2. The van der Waals surface area contributed by atoms with E-state index in [0.29, 0.717) is 37.8 Å². The molecule has 0 radical (unpaired) electrons. The van der Waals surface area contributed by atoms with E-state index in [4.69, 9.17) is 9.84 Å². The summed E-state index contributed by atoms with van der Waals surface area (Å²) in [5, 5.41) is 11.4. The van der Waals surface area contributed by atoms with Gasteiger partial charge < -0.3 is 20.1 Å². The number of hydrogen-bond acceptors (Lipinski definition) is 6. The van der Waals surface area contributed by atoms with Gasteiger partial charge in [-0.15, -0.1) is 0 Å². The third-order valence-corrected chi connectivity index (χ3v) is 2.99. The van der Waals surface area contributed by atoms with Gasteiger partial charge in [0.2, 0.25) is 5.95 Å². The molecule has 1 fully saturated rings. The first-order chi connectivity index (χ1) is 9.70. The molecule has 20 heavy (non-hydrogen) atoms. The maximum absolute atomic E-state index is 12.0. The molecule has 0 bridgehead atoms. The molecule has 0 aliphatic carbocycles. The van der Waals surface area contributed by atoms with Gasteiger partial charge in [-0.05, 0) is 19.4 Å². The van der Waals surface area contributed by atoms with Crippen LogP contribution in [-0.2, 0) is 4.74 Å². The van der Waals surface area contributed by atoms with Gasteiger partial charge in [0.1, 0.15) is 5.69 Å². The number of aliphatic hydroxyl groups excluding tert-OH is 1. The molecular weight excluding hydrogens is 260 g/mol. The van der Waals surface area contributed by atoms with Crippen LogP contribution in [0.25, 0.3) is 0 Å². The van der Waals surface area contributed by atoms with E-state index in [2.05, 4.69) is 15.3 Å². The van der Waals surface area contributed by atoms with E-state index in [1.807, 2.05) is 11.8 Å². The number of amides is 1. The molecule has 7 heteroatoms. The fourth-order valence-corrected chi connectivity index (χ4v) is 1.95. The zero-order valence-corrected chi connectivity index (χ0v) is 11.6. The molecule has 2 N–H and O–H groups in total. The van der Waals surface area contributed by atoms with Crippen LogP contribution in [0.5, 0.6) is 0 Å². The smallest absolute Gasteiger partial charge is 0.270 e. The zero-order chi connectivity index (χ0) is 14.4. The van der Waals surface area contributed by atoms with E-state index in [1.54, 1.807) is 6.07 Å². The Morgan fingerprint density at radius 3 is 2.90 bits per heavy atom. The third-order valence-electron chi connectivity index (χ3n) is 2.99. The topological polar surface area (TPSA) is 87.6 Å². The molecule has 1 saturated heterocycles. The highest BCUT2D eigenvalue weighted by molar-refractivity contribution is 5.92. The summed E-state index contributed by atoms with van der Waals surface area (Å²) in [5.41, 5.74) is 1.12. The maximum atomic E-state index is 12.0. The minimum Gasteiger partial charge on any atom is -0.396 e. The van der Waals surface area contributed by atoms with Crippen molar-refractivity contribution < 1.29 is 14.6 Å². The molecule has 0 atom stereocenters. The molecule has 1 aromatic rings. The average molecular weight is 280 g/mol. The van der Waals surface area contributed by atoms with Crippen LogP contribution in [0.15, 0.2) is 6.07 Å². The van der Waals surface area contributed by atoms with Crippen LogP contribution >= 0.6 is 0 Å². The molecule has 2 rings (SSSR count). The second-order valence-electron chi connectivity index (χ2n) is 4.63. The van der Waals surface area contributed by atoms with Crippen LogP contribution in [0.3, 0.4) is 0 Å². The van der Waals surface area contributed by atoms with Crippen molar-refractivity contribution in [1.29, 1.82) is 0 Å². The number of anilines is 1. The summed E-state index contributed by atoms with van der Waals surface area (Å²) in [6.45, 7) is 5.10. The fraction of sp³-hybridized carbons (Fsp3) is 0.615. The SMILES string of the molecule is Cc1cc(C(=O)NCCCO)nc(N2CCOCC2)n1. The first-order valence-corrected chi connectivity index (χ1v) is 6.78. The number of aryl methyl sites for hydroxylation is 1. The fourth-order valence-electron chi connectivity index (χ4n) is 1.95. The Kier molecular flexibility index (Phi) is 5.25. The Hall–Kier alpha value is -1.73. The van der Waals surface area contributed by atoms with Crippen molar-refractivity contribution in [2.24, 2.45) is 0 Å². The van der Waals surface area contributed by atoms with Gasteiger partial charge in [-0.2, -0.15) is 0 Å². The number of carbonyl (C=O) groups is 1. The number of nitrogens with one attached hydrogen (secondary N) is 1. The molecule has 2 heterocycles. The standard InChI is InChI=1S/C13H20N4O3/c1-10-9-11(12(19)14-3-2-6-18)16-13(15-10)17-4-7-20-8-5-17/h9,18H,2-8H2,1H3,(H,14,19). The second kappa shape index (κ2) is 7.16. The molecule has 1 aliphatic heterocycles. The molecule has 1 aromatic heterocycles. The Morgan fingerprint density at radius 2 is 2.20 bits per heavy atom. The lowest BCUT2D eigenvalue weighted by atomic mass is 10.3. The van der Waals surface area contributed by atoms with Gasteiger partial charge in [0.15, 0.2) is 0 Å². The lowest BCUT2D eigenvalue weighted by Crippen LogP contribution is -2.38. The zero-order valence-electron chi connectivity index (χ0n) is 11.6. The van der Waals surface area contributed by atoms with Gasteiger partial charge >= 0.3 is 0 Å². The number of aliphatic hydroxyl groups is 1. The van der Waals surface area contributed by atoms with E-state index in [-0.39, 0.29) is 12.5 Å². The molecule has 7 nitrogen and oxygen atoms in total. The predicted octanol–water partition coefficient (Wildman–Crippen LogP) is -0.266. The summed E-state index contributed by atoms with van der Waals surface area (Å²) in [4.78, 5) is 22.7. The number of ether oxygens (including phenoxy) is 1. The van der Waals surface area contributed by atoms with Crippen LogP contribution in [0.1, 0.15) is 22.6 Å². The number of carbonyl (C=O) groups excluding carboxylic acids is 1. The molecule has 1 amide bonds. The van der Waals surface area contributed by atoms with Crippen molar-refractivity contribution in [1.82, 2.24) is 15.3 Å². The lowest BCUT2D eigenvalue weighted by molar-refractivity contribution is 0.0945. The summed E-state index contributed by atoms with van der Waals surface area (Å²) < 4.78 is 5.29. The molecule has 1 aliphatic rings. The van der Waals surface area contributed by atoms with E-state index in [1.165, 1.54) is 0 Å². The highest BCUT2D eigenvalue weighted by atomic mass is 16.5. The predicted molar refractivity (Wildman–Crippen MR) is 73.8 cm³/mol. The van der Waals surface area contributed by atoms with E-state index >= 15 is 0 Å². The number of rotatable bonds is 5. The highest BCUT2D eigenvalue weighted by Crippen LogP contribution is 2.12. The maximum Gasteiger partial charge on any atom is 0.270 e. The quantitative estimate of drug-likeness (QED) is 0.722. The van der Waals surface area contributed by atoms with Crippen LogP contribution in [0, 0.1) is 6.92 Å². The number of hydrogen-bond donors (Lipinski definition) is 2. The van der Waals surface area contributed by atoms with Crippen LogP contribution < -0.4 is 10.2 Å². The van der Waals surface area contributed by atoms with Gasteiger partial charge in [0.25, 0.3) is 5.91 Å². The van der Waals surface area contributed by atoms with Gasteiger partial charge in [-0.25, -0.2) is 9.97 Å². The van der Waals surface area contributed by atoms with Gasteiger partial charge in [-0.1, -0.05) is 0 Å². The minimum atomic E-state index is -0.238. The third kappa shape index (κ3) is 3.88. The number of aromatic nitrogens is 2. The minimum absolute atomic E-state index is 0.0576. The molecule has 0 spiro atoms. The van der Waals surface area contributed by atoms with E-state index in [9.17, 15) is 4.79 Å². The Morgan fingerprint density at radius 1 is 1.45 bits per heavy atom. The first kappa shape index (κ1) is 14.7. The van der Waals surface area contributed by atoms with Crippen molar-refractivity contribution in [2.75, 3.05) is 44.4 Å². The largest absolute Gasteiger partial charge is 0.396 e. The van der Waals surface area contributed by atoms with Gasteiger partial charge in [0.05, 0.1) is 13.2 Å². The monoisotopic (exact) mass is 280 g/mol. The van der Waals surface area contributed by atoms with Crippen molar-refractivity contribution >= 4 is 11.9 Å². The van der Waals surface area contributed by atoms with Crippen molar-refractivity contribution in [3.8, 4) is 0 Å². The summed E-state index contributed by atoms with van der Waals surface area (Å²) in [6, 6.07) is 1.66. The summed E-state index contributed by atoms with van der Waals surface area (Å²) in [5.74, 6) is 0.332. The molecular formula is C13H20N4O3. The van der Waals surface area contributed by atoms with Crippen molar-refractivity contribution in [2.45, 2.75) is 13.3 Å². The van der Waals surface area contributed by atoms with E-state index in [0.717, 1.165) is 18.8 Å². The molecule has 0 unspecified atom stereocenters. The average Bonchev–Trinajstić information content (AvgIpc) is 2.47. The Bertz CT molecular complexity index is 461. The first-order valence-electron chi connectivity index (χ1n) is 6.78. The molecule has 0 saturated carbocycles. The van der Waals surface area contributed by atoms with Crippen molar-refractivity contribution in [3.63, 3.8) is 0 Å². The Labute approximate surface area is 118 Å². The molecule has 110 valence electrons. The van der Waals surface area contributed by atoms with Gasteiger partial charge in [0, 0.05) is 31.9 Å². The van der Waals surface area contributed by atoms with Crippen LogP contribution in [0.2, 0.25) is 0 Å². The van der Waals surface area contributed by atoms with Crippen LogP contribution in [-0.4, -0.2) is 60.4 Å².